The maximum absolute atomic E-state index is 14.5. The van der Waals surface area contributed by atoms with Crippen LogP contribution in [0.3, 0.4) is 0 Å². The molecule has 2 aliphatic rings. The number of ether oxygens (including phenoxy) is 3. The van der Waals surface area contributed by atoms with Crippen molar-refractivity contribution in [2.45, 2.75) is 70.0 Å². The minimum Gasteiger partial charge on any atom is -0.481 e. The van der Waals surface area contributed by atoms with Gasteiger partial charge in [0.25, 0.3) is 0 Å². The molecule has 2 heterocycles. The number of fused-ring (bicyclic) bond motifs is 1. The van der Waals surface area contributed by atoms with Gasteiger partial charge in [-0.25, -0.2) is 15.0 Å². The number of aromatic nitrogens is 3. The molecule has 2 aromatic heterocycles. The predicted octanol–water partition coefficient (Wildman–Crippen LogP) is 7.91. The van der Waals surface area contributed by atoms with Crippen molar-refractivity contribution in [2.24, 2.45) is 11.8 Å². The zero-order valence-corrected chi connectivity index (χ0v) is 31.7. The molecule has 6 rings (SSSR count). The van der Waals surface area contributed by atoms with Crippen LogP contribution in [0.5, 0.6) is 11.8 Å². The first-order valence-corrected chi connectivity index (χ1v) is 18.7. The number of hydrogen-bond acceptors (Lipinski definition) is 9. The average molecular weight is 781 g/mol. The number of carboxylic acid groups (broad SMARTS) is 1. The van der Waals surface area contributed by atoms with Crippen molar-refractivity contribution < 1.29 is 42.1 Å². The summed E-state index contributed by atoms with van der Waals surface area (Å²) in [7, 11) is 4.24. The quantitative estimate of drug-likeness (QED) is 0.116. The lowest BCUT2D eigenvalue weighted by Crippen LogP contribution is -2.21. The molecule has 2 aromatic carbocycles. The van der Waals surface area contributed by atoms with Crippen molar-refractivity contribution in [1.82, 2.24) is 20.3 Å². The summed E-state index contributed by atoms with van der Waals surface area (Å²) in [6, 6.07) is 15.4. The number of carbonyl (C=O) groups excluding carboxylic acids is 1. The number of carboxylic acids is 1. The first-order chi connectivity index (χ1) is 26.4. The molecule has 0 amide bonds. The van der Waals surface area contributed by atoms with Crippen LogP contribution in [0, 0.1) is 11.8 Å². The lowest BCUT2D eigenvalue weighted by atomic mass is 9.91. The second kappa shape index (κ2) is 17.5. The number of ketones is 1. The molecule has 0 spiro atoms. The number of rotatable bonds is 16. The van der Waals surface area contributed by atoms with E-state index in [9.17, 15) is 27.9 Å². The molecular formula is C41H44ClF3N4O6. The van der Waals surface area contributed by atoms with Crippen LogP contribution >= 0.6 is 11.6 Å². The van der Waals surface area contributed by atoms with Crippen molar-refractivity contribution in [3.63, 3.8) is 0 Å². The van der Waals surface area contributed by atoms with Gasteiger partial charge in [-0.1, -0.05) is 54.1 Å². The highest BCUT2D eigenvalue weighted by molar-refractivity contribution is 6.36. The van der Waals surface area contributed by atoms with Crippen LogP contribution in [-0.4, -0.2) is 66.3 Å². The number of carbonyl (C=O) groups is 2. The minimum atomic E-state index is -4.79. The summed E-state index contributed by atoms with van der Waals surface area (Å²) >= 11 is 7.13. The number of Topliss-reactive ketones (excluding diaryl/α,β-unsaturated/α-hetero) is 1. The fourth-order valence-corrected chi connectivity index (χ4v) is 8.08. The molecule has 1 saturated carbocycles. The molecule has 1 fully saturated rings. The number of methoxy groups -OCH3 is 3. The lowest BCUT2D eigenvalue weighted by Gasteiger charge is -2.19. The standard InChI is InChI=1S/C41H44ClF3N4O6/c1-53-22-26(40(51)52)13-17-34-39(55-3)49-35(37(47-34)41(43,44)45)19-24-11-15-30-28(24)6-4-7-29(30)31-8-5-9-32(36(31)42)33-16-12-25(38(48-33)54-2)21-46-20-23-10-14-27(50)18-23/h4-9,12,16,23-24,26,46H,10-11,13-15,17-22H2,1-3H3,(H,51,52)/t23-,24-,26+/m1/s1. The highest BCUT2D eigenvalue weighted by Crippen LogP contribution is 2.45. The van der Waals surface area contributed by atoms with Gasteiger partial charge in [0.2, 0.25) is 11.8 Å². The monoisotopic (exact) mass is 780 g/mol. The van der Waals surface area contributed by atoms with E-state index >= 15 is 0 Å². The van der Waals surface area contributed by atoms with E-state index in [1.165, 1.54) is 14.2 Å². The Balaban J connectivity index is 1.24. The Labute approximate surface area is 322 Å². The Morgan fingerprint density at radius 3 is 2.38 bits per heavy atom. The Morgan fingerprint density at radius 1 is 0.945 bits per heavy atom. The van der Waals surface area contributed by atoms with Gasteiger partial charge in [-0.05, 0) is 79.7 Å². The molecule has 0 aliphatic heterocycles. The Morgan fingerprint density at radius 2 is 1.69 bits per heavy atom. The third kappa shape index (κ3) is 9.11. The number of nitrogens with one attached hydrogen (secondary N) is 1. The molecule has 0 unspecified atom stereocenters. The van der Waals surface area contributed by atoms with E-state index in [2.05, 4.69) is 15.3 Å². The van der Waals surface area contributed by atoms with Gasteiger partial charge in [0.15, 0.2) is 5.69 Å². The van der Waals surface area contributed by atoms with Crippen LogP contribution in [0.25, 0.3) is 22.4 Å². The van der Waals surface area contributed by atoms with Crippen LogP contribution in [0.15, 0.2) is 48.5 Å². The zero-order valence-electron chi connectivity index (χ0n) is 31.0. The first kappa shape index (κ1) is 40.1. The van der Waals surface area contributed by atoms with Crippen LogP contribution < -0.4 is 14.8 Å². The molecule has 14 heteroatoms. The largest absolute Gasteiger partial charge is 0.481 e. The molecule has 0 saturated heterocycles. The van der Waals surface area contributed by atoms with E-state index < -0.39 is 23.8 Å². The number of pyridine rings is 1. The summed E-state index contributed by atoms with van der Waals surface area (Å²) in [4.78, 5) is 36.3. The van der Waals surface area contributed by atoms with Crippen LogP contribution in [-0.2, 0) is 46.3 Å². The number of aryl methyl sites for hydroxylation is 1. The highest BCUT2D eigenvalue weighted by atomic mass is 35.5. The summed E-state index contributed by atoms with van der Waals surface area (Å²) in [6.45, 7) is 1.20. The molecule has 10 nitrogen and oxygen atoms in total. The van der Waals surface area contributed by atoms with Gasteiger partial charge < -0.3 is 24.6 Å². The minimum absolute atomic E-state index is 0.00494. The number of halogens is 4. The number of aliphatic carboxylic acids is 1. The van der Waals surface area contributed by atoms with E-state index in [0.29, 0.717) is 66.1 Å². The van der Waals surface area contributed by atoms with Gasteiger partial charge >= 0.3 is 12.1 Å². The molecule has 3 atom stereocenters. The topological polar surface area (TPSA) is 133 Å². The number of benzene rings is 2. The fraction of sp³-hybridized carbons (Fsp3) is 0.439. The Kier molecular flexibility index (Phi) is 12.7. The molecular weight excluding hydrogens is 737 g/mol. The third-order valence-electron chi connectivity index (χ3n) is 10.5. The third-order valence-corrected chi connectivity index (χ3v) is 10.9. The smallest absolute Gasteiger partial charge is 0.435 e. The van der Waals surface area contributed by atoms with Crippen LogP contribution in [0.4, 0.5) is 13.2 Å². The number of alkyl halides is 3. The fourth-order valence-electron chi connectivity index (χ4n) is 7.76. The SMILES string of the molecule is COC[C@H](CCc1nc(C(F)(F)F)c(C[C@H]2CCc3c(-c4cccc(-c5ccc(CNC[C@@H]6CCC(=O)C6)c(OC)n5)c4Cl)cccc32)nc1OC)C(=O)O. The van der Waals surface area contributed by atoms with Crippen molar-refractivity contribution in [3.05, 3.63) is 87.3 Å². The highest BCUT2D eigenvalue weighted by Gasteiger charge is 2.39. The molecule has 292 valence electrons. The van der Waals surface area contributed by atoms with Crippen molar-refractivity contribution >= 4 is 23.4 Å². The summed E-state index contributed by atoms with van der Waals surface area (Å²) in [5, 5.41) is 13.4. The number of nitrogens with zero attached hydrogens (tertiary/aromatic N) is 3. The average Bonchev–Trinajstić information content (AvgIpc) is 3.78. The van der Waals surface area contributed by atoms with E-state index in [-0.39, 0.29) is 49.1 Å². The van der Waals surface area contributed by atoms with Crippen molar-refractivity contribution in [1.29, 1.82) is 0 Å². The molecule has 2 aliphatic carbocycles. The summed E-state index contributed by atoms with van der Waals surface area (Å²) in [5.74, 6) is -1.23. The molecule has 2 N–H and O–H groups in total. The second-order valence-corrected chi connectivity index (χ2v) is 14.5. The molecule has 0 radical (unpaired) electrons. The maximum Gasteiger partial charge on any atom is 0.435 e. The van der Waals surface area contributed by atoms with E-state index in [4.69, 9.17) is 30.8 Å². The zero-order chi connectivity index (χ0) is 39.3. The van der Waals surface area contributed by atoms with Crippen LogP contribution in [0.2, 0.25) is 5.02 Å². The molecule has 0 bridgehead atoms. The Bertz CT molecular complexity index is 2040. The van der Waals surface area contributed by atoms with E-state index in [1.807, 2.05) is 48.5 Å². The van der Waals surface area contributed by atoms with Crippen LogP contribution in [0.1, 0.15) is 71.8 Å². The van der Waals surface area contributed by atoms with Gasteiger partial charge in [0, 0.05) is 43.2 Å². The summed E-state index contributed by atoms with van der Waals surface area (Å²) in [6.07, 6.45) is -1.49. The maximum atomic E-state index is 14.5. The normalized spacial score (nSPS) is 17.3. The van der Waals surface area contributed by atoms with E-state index in [0.717, 1.165) is 40.8 Å². The second-order valence-electron chi connectivity index (χ2n) is 14.1. The summed E-state index contributed by atoms with van der Waals surface area (Å²) < 4.78 is 59.4. The van der Waals surface area contributed by atoms with Gasteiger partial charge in [-0.15, -0.1) is 0 Å². The first-order valence-electron chi connectivity index (χ1n) is 18.3. The van der Waals surface area contributed by atoms with Crippen molar-refractivity contribution in [3.8, 4) is 34.1 Å². The number of hydrogen-bond donors (Lipinski definition) is 2. The van der Waals surface area contributed by atoms with Gasteiger partial charge in [-0.3, -0.25) is 9.59 Å². The summed E-state index contributed by atoms with van der Waals surface area (Å²) in [5.41, 5.74) is 4.44. The lowest BCUT2D eigenvalue weighted by molar-refractivity contribution is -0.144. The molecule has 4 aromatic rings. The molecule has 55 heavy (non-hydrogen) atoms. The van der Waals surface area contributed by atoms with Gasteiger partial charge in [0.1, 0.15) is 11.5 Å². The van der Waals surface area contributed by atoms with Crippen molar-refractivity contribution in [2.75, 3.05) is 34.5 Å². The Hall–Kier alpha value is -4.59. The predicted molar refractivity (Wildman–Crippen MR) is 200 cm³/mol. The van der Waals surface area contributed by atoms with E-state index in [1.54, 1.807) is 7.11 Å². The van der Waals surface area contributed by atoms with Gasteiger partial charge in [0.05, 0.1) is 43.2 Å². The van der Waals surface area contributed by atoms with Gasteiger partial charge in [-0.2, -0.15) is 13.2 Å².